The first-order valence-corrected chi connectivity index (χ1v) is 13.0. The molecule has 2 heterocycles. The van der Waals surface area contributed by atoms with Gasteiger partial charge in [-0.3, -0.25) is 4.72 Å². The summed E-state index contributed by atoms with van der Waals surface area (Å²) in [6.45, 7) is 2.04. The molecule has 0 amide bonds. The third-order valence-corrected chi connectivity index (χ3v) is 8.68. The maximum Gasteiger partial charge on any atom is 0.261 e. The number of anilines is 2. The van der Waals surface area contributed by atoms with Gasteiger partial charge in [0.15, 0.2) is 11.5 Å². The van der Waals surface area contributed by atoms with Crippen LogP contribution in [0.25, 0.3) is 0 Å². The second kappa shape index (κ2) is 7.96. The number of benzene rings is 3. The van der Waals surface area contributed by atoms with Gasteiger partial charge in [-0.25, -0.2) is 8.42 Å². The number of fused-ring (bicyclic) bond motifs is 4. The fourth-order valence-electron chi connectivity index (χ4n) is 5.10. The van der Waals surface area contributed by atoms with Crippen LogP contribution >= 0.6 is 11.6 Å². The fourth-order valence-corrected chi connectivity index (χ4v) is 6.43. The highest BCUT2D eigenvalue weighted by Crippen LogP contribution is 2.51. The van der Waals surface area contributed by atoms with Crippen molar-refractivity contribution in [1.82, 2.24) is 0 Å². The van der Waals surface area contributed by atoms with Gasteiger partial charge in [0.1, 0.15) is 0 Å². The summed E-state index contributed by atoms with van der Waals surface area (Å²) in [5.41, 5.74) is 4.22. The Balaban J connectivity index is 1.34. The molecule has 0 saturated heterocycles. The summed E-state index contributed by atoms with van der Waals surface area (Å²) in [4.78, 5) is 0.230. The quantitative estimate of drug-likeness (QED) is 0.435. The molecule has 6 nitrogen and oxygen atoms in total. The molecule has 1 aliphatic carbocycles. The van der Waals surface area contributed by atoms with Crippen LogP contribution in [-0.2, 0) is 10.0 Å². The first kappa shape index (κ1) is 21.4. The van der Waals surface area contributed by atoms with E-state index < -0.39 is 10.0 Å². The minimum absolute atomic E-state index is 0.0803. The zero-order valence-electron chi connectivity index (χ0n) is 18.4. The predicted octanol–water partition coefficient (Wildman–Crippen LogP) is 6.00. The Kier molecular flexibility index (Phi) is 5.00. The standard InChI is InChI=1S/C26H23ClN2O4S/c1-15-21(27)6-3-7-22(15)29-34(30,31)17-9-10-23-20(13-17)18-4-2-5-19(18)26(28-23)16-8-11-24-25(12-16)33-14-32-24/h2-4,6-13,18-19,26,28-29H,5,14H2,1H3/t18-,19+,26+/m0/s1. The summed E-state index contributed by atoms with van der Waals surface area (Å²) in [5.74, 6) is 1.92. The molecule has 0 fully saturated rings. The fraction of sp³-hybridized carbons (Fsp3) is 0.231. The van der Waals surface area contributed by atoms with Crippen LogP contribution in [0.1, 0.15) is 35.1 Å². The molecule has 0 bridgehead atoms. The average Bonchev–Trinajstić information content (AvgIpc) is 3.50. The normalized spacial score (nSPS) is 22.1. The van der Waals surface area contributed by atoms with E-state index in [0.717, 1.165) is 34.7 Å². The van der Waals surface area contributed by atoms with E-state index in [1.54, 1.807) is 37.3 Å². The number of allylic oxidation sites excluding steroid dienone is 2. The van der Waals surface area contributed by atoms with Gasteiger partial charge in [-0.1, -0.05) is 35.9 Å². The molecule has 0 radical (unpaired) electrons. The molecule has 174 valence electrons. The van der Waals surface area contributed by atoms with Crippen LogP contribution in [0.5, 0.6) is 11.5 Å². The van der Waals surface area contributed by atoms with E-state index >= 15 is 0 Å². The Morgan fingerprint density at radius 2 is 1.91 bits per heavy atom. The van der Waals surface area contributed by atoms with Gasteiger partial charge >= 0.3 is 0 Å². The van der Waals surface area contributed by atoms with E-state index in [4.69, 9.17) is 21.1 Å². The molecule has 8 heteroatoms. The topological polar surface area (TPSA) is 76.7 Å². The minimum Gasteiger partial charge on any atom is -0.454 e. The number of halogens is 1. The molecule has 0 aromatic heterocycles. The van der Waals surface area contributed by atoms with Crippen LogP contribution in [0.15, 0.2) is 71.6 Å². The first-order chi connectivity index (χ1) is 16.4. The highest BCUT2D eigenvalue weighted by Gasteiger charge is 2.39. The van der Waals surface area contributed by atoms with Crippen LogP contribution in [-0.4, -0.2) is 15.2 Å². The van der Waals surface area contributed by atoms with Crippen molar-refractivity contribution in [3.8, 4) is 11.5 Å². The molecule has 2 aliphatic heterocycles. The lowest BCUT2D eigenvalue weighted by atomic mass is 9.77. The van der Waals surface area contributed by atoms with Gasteiger partial charge in [0.05, 0.1) is 16.6 Å². The van der Waals surface area contributed by atoms with Crippen molar-refractivity contribution in [1.29, 1.82) is 0 Å². The van der Waals surface area contributed by atoms with Crippen LogP contribution in [0.2, 0.25) is 5.02 Å². The number of ether oxygens (including phenoxy) is 2. The molecule has 6 rings (SSSR count). The highest BCUT2D eigenvalue weighted by atomic mass is 35.5. The van der Waals surface area contributed by atoms with Crippen LogP contribution in [0.3, 0.4) is 0 Å². The molecular weight excluding hydrogens is 472 g/mol. The Hall–Kier alpha value is -3.16. The SMILES string of the molecule is Cc1c(Cl)cccc1NS(=O)(=O)c1ccc2c(c1)[C@H]1C=CC[C@H]1[C@@H](c1ccc3c(c1)OCO3)N2. The monoisotopic (exact) mass is 494 g/mol. The minimum atomic E-state index is -3.78. The third-order valence-electron chi connectivity index (χ3n) is 6.91. The predicted molar refractivity (Wildman–Crippen MR) is 132 cm³/mol. The molecule has 3 aromatic carbocycles. The average molecular weight is 495 g/mol. The number of hydrogen-bond donors (Lipinski definition) is 2. The molecule has 0 unspecified atom stereocenters. The van der Waals surface area contributed by atoms with Gasteiger partial charge in [0.25, 0.3) is 10.0 Å². The number of hydrogen-bond acceptors (Lipinski definition) is 5. The van der Waals surface area contributed by atoms with Crippen LogP contribution in [0, 0.1) is 12.8 Å². The van der Waals surface area contributed by atoms with Crippen LogP contribution in [0.4, 0.5) is 11.4 Å². The molecule has 0 saturated carbocycles. The van der Waals surface area contributed by atoms with E-state index in [-0.39, 0.29) is 29.6 Å². The molecule has 0 spiro atoms. The maximum absolute atomic E-state index is 13.2. The Morgan fingerprint density at radius 1 is 1.06 bits per heavy atom. The summed E-state index contributed by atoms with van der Waals surface area (Å²) >= 11 is 6.17. The van der Waals surface area contributed by atoms with Crippen molar-refractivity contribution in [2.75, 3.05) is 16.8 Å². The van der Waals surface area contributed by atoms with Gasteiger partial charge in [0, 0.05) is 16.6 Å². The largest absolute Gasteiger partial charge is 0.454 e. The molecule has 3 aromatic rings. The van der Waals surface area contributed by atoms with Crippen molar-refractivity contribution < 1.29 is 17.9 Å². The summed E-state index contributed by atoms with van der Waals surface area (Å²) in [5, 5.41) is 4.17. The van der Waals surface area contributed by atoms with Crippen molar-refractivity contribution in [2.24, 2.45) is 5.92 Å². The van der Waals surface area contributed by atoms with Crippen molar-refractivity contribution in [3.05, 3.63) is 88.5 Å². The summed E-state index contributed by atoms with van der Waals surface area (Å²) in [6, 6.07) is 16.6. The number of rotatable bonds is 4. The Bertz CT molecular complexity index is 1440. The van der Waals surface area contributed by atoms with Crippen LogP contribution < -0.4 is 19.5 Å². The van der Waals surface area contributed by atoms with Gasteiger partial charge in [-0.05, 0) is 78.4 Å². The first-order valence-electron chi connectivity index (χ1n) is 11.2. The van der Waals surface area contributed by atoms with E-state index in [9.17, 15) is 8.42 Å². The third kappa shape index (κ3) is 3.51. The Labute approximate surface area is 203 Å². The molecular formula is C26H23ClN2O4S. The van der Waals surface area contributed by atoms with E-state index in [1.807, 2.05) is 18.2 Å². The maximum atomic E-state index is 13.2. The van der Waals surface area contributed by atoms with Crippen molar-refractivity contribution in [2.45, 2.75) is 30.2 Å². The highest BCUT2D eigenvalue weighted by molar-refractivity contribution is 7.92. The van der Waals surface area contributed by atoms with Gasteiger partial charge in [-0.15, -0.1) is 0 Å². The van der Waals surface area contributed by atoms with Gasteiger partial charge in [-0.2, -0.15) is 0 Å². The lowest BCUT2D eigenvalue weighted by molar-refractivity contribution is 0.174. The van der Waals surface area contributed by atoms with E-state index in [0.29, 0.717) is 16.3 Å². The molecule has 2 N–H and O–H groups in total. The zero-order valence-corrected chi connectivity index (χ0v) is 20.0. The van der Waals surface area contributed by atoms with E-state index in [1.165, 1.54) is 0 Å². The molecule has 3 aliphatic rings. The molecule has 34 heavy (non-hydrogen) atoms. The van der Waals surface area contributed by atoms with Crippen molar-refractivity contribution >= 4 is 33.0 Å². The second-order valence-electron chi connectivity index (χ2n) is 8.86. The smallest absolute Gasteiger partial charge is 0.261 e. The Morgan fingerprint density at radius 3 is 2.79 bits per heavy atom. The van der Waals surface area contributed by atoms with Crippen molar-refractivity contribution in [3.63, 3.8) is 0 Å². The number of nitrogens with one attached hydrogen (secondary N) is 2. The summed E-state index contributed by atoms with van der Waals surface area (Å²) in [7, 11) is -3.78. The number of sulfonamides is 1. The zero-order chi connectivity index (χ0) is 23.4. The van der Waals surface area contributed by atoms with E-state index in [2.05, 4.69) is 28.3 Å². The van der Waals surface area contributed by atoms with Gasteiger partial charge < -0.3 is 14.8 Å². The summed E-state index contributed by atoms with van der Waals surface area (Å²) in [6.07, 6.45) is 5.28. The summed E-state index contributed by atoms with van der Waals surface area (Å²) < 4.78 is 40.2. The second-order valence-corrected chi connectivity index (χ2v) is 10.9. The lowest BCUT2D eigenvalue weighted by Crippen LogP contribution is -2.29. The van der Waals surface area contributed by atoms with Gasteiger partial charge in [0.2, 0.25) is 6.79 Å². The molecule has 3 atom stereocenters. The lowest BCUT2D eigenvalue weighted by Gasteiger charge is -2.37.